The number of halogens is 2. The second kappa shape index (κ2) is 5.54. The van der Waals surface area contributed by atoms with E-state index in [4.69, 9.17) is 0 Å². The maximum absolute atomic E-state index is 12.4. The van der Waals surface area contributed by atoms with Gasteiger partial charge in [-0.3, -0.25) is 0 Å². The predicted octanol–water partition coefficient (Wildman–Crippen LogP) is 2.90. The molecule has 3 nitrogen and oxygen atoms in total. The summed E-state index contributed by atoms with van der Waals surface area (Å²) in [6, 6.07) is 8.12. The number of nitrogens with one attached hydrogen (secondary N) is 1. The van der Waals surface area contributed by atoms with E-state index in [9.17, 15) is 8.78 Å². The topological polar surface area (TPSA) is 38.1 Å². The molecule has 2 aromatic rings. The Morgan fingerprint density at radius 1 is 1.24 bits per heavy atom. The van der Waals surface area contributed by atoms with E-state index in [-0.39, 0.29) is 5.56 Å². The van der Waals surface area contributed by atoms with Gasteiger partial charge in [0.05, 0.1) is 5.69 Å². The lowest BCUT2D eigenvalue weighted by molar-refractivity contribution is 0.151. The van der Waals surface area contributed by atoms with E-state index >= 15 is 0 Å². The molecular weight excluding hydrogens is 226 g/mol. The predicted molar refractivity (Wildman–Crippen MR) is 58.4 cm³/mol. The zero-order valence-corrected chi connectivity index (χ0v) is 9.07. The summed E-state index contributed by atoms with van der Waals surface area (Å²) in [4.78, 5) is 0. The minimum Gasteiger partial charge on any atom is -0.364 e. The van der Waals surface area contributed by atoms with Gasteiger partial charge in [-0.2, -0.15) is 0 Å². The highest BCUT2D eigenvalue weighted by atomic mass is 19.3. The maximum atomic E-state index is 12.4. The van der Waals surface area contributed by atoms with E-state index in [2.05, 4.69) is 15.0 Å². The van der Waals surface area contributed by atoms with Crippen LogP contribution in [-0.2, 0) is 13.1 Å². The largest absolute Gasteiger partial charge is 0.364 e. The Kier molecular flexibility index (Phi) is 3.82. The highest BCUT2D eigenvalue weighted by Gasteiger charge is 2.06. The van der Waals surface area contributed by atoms with Gasteiger partial charge in [0, 0.05) is 24.7 Å². The van der Waals surface area contributed by atoms with Crippen molar-refractivity contribution >= 4 is 0 Å². The lowest BCUT2D eigenvalue weighted by Gasteiger charge is -2.05. The molecule has 1 aromatic carbocycles. The molecule has 0 aliphatic heterocycles. The molecular formula is C12H12F2N2O. The molecule has 2 rings (SSSR count). The molecule has 1 aromatic heterocycles. The van der Waals surface area contributed by atoms with Gasteiger partial charge in [-0.15, -0.1) is 0 Å². The first-order valence-electron chi connectivity index (χ1n) is 5.22. The summed E-state index contributed by atoms with van der Waals surface area (Å²) in [6.07, 6.45) is -0.931. The Morgan fingerprint density at radius 2 is 2.12 bits per heavy atom. The van der Waals surface area contributed by atoms with Crippen LogP contribution in [0.3, 0.4) is 0 Å². The first-order chi connectivity index (χ1) is 8.25. The van der Waals surface area contributed by atoms with Crippen molar-refractivity contribution in [2.45, 2.75) is 19.5 Å². The Balaban J connectivity index is 1.88. The van der Waals surface area contributed by atoms with Crippen molar-refractivity contribution < 1.29 is 13.3 Å². The first kappa shape index (κ1) is 11.7. The molecule has 0 aliphatic carbocycles. The van der Waals surface area contributed by atoms with Crippen molar-refractivity contribution in [2.75, 3.05) is 0 Å². The second-order valence-corrected chi connectivity index (χ2v) is 3.64. The molecule has 90 valence electrons. The van der Waals surface area contributed by atoms with Crippen molar-refractivity contribution in [3.8, 4) is 0 Å². The summed E-state index contributed by atoms with van der Waals surface area (Å²) >= 11 is 0. The molecule has 1 N–H and O–H groups in total. The van der Waals surface area contributed by atoms with Crippen LogP contribution in [0.1, 0.15) is 23.2 Å². The van der Waals surface area contributed by atoms with Gasteiger partial charge in [0.15, 0.2) is 0 Å². The third-order valence-electron chi connectivity index (χ3n) is 2.33. The van der Waals surface area contributed by atoms with Gasteiger partial charge in [0.2, 0.25) is 0 Å². The van der Waals surface area contributed by atoms with E-state index in [1.165, 1.54) is 18.4 Å². The van der Waals surface area contributed by atoms with E-state index in [0.29, 0.717) is 13.1 Å². The van der Waals surface area contributed by atoms with Crippen LogP contribution in [0.5, 0.6) is 0 Å². The minimum atomic E-state index is -2.43. The summed E-state index contributed by atoms with van der Waals surface area (Å²) in [5.74, 6) is 0. The fourth-order valence-electron chi connectivity index (χ4n) is 1.50. The third-order valence-corrected chi connectivity index (χ3v) is 2.33. The van der Waals surface area contributed by atoms with Crippen LogP contribution in [0.4, 0.5) is 8.78 Å². The van der Waals surface area contributed by atoms with Gasteiger partial charge >= 0.3 is 0 Å². The van der Waals surface area contributed by atoms with E-state index in [0.717, 1.165) is 11.3 Å². The molecule has 1 heterocycles. The number of alkyl halides is 2. The van der Waals surface area contributed by atoms with E-state index in [1.807, 2.05) is 6.07 Å². The second-order valence-electron chi connectivity index (χ2n) is 3.64. The van der Waals surface area contributed by atoms with Crippen LogP contribution in [-0.4, -0.2) is 5.16 Å². The van der Waals surface area contributed by atoms with Gasteiger partial charge in [-0.05, 0) is 11.6 Å². The molecule has 5 heteroatoms. The molecule has 0 aliphatic rings. The fraction of sp³-hybridized carbons (Fsp3) is 0.250. The van der Waals surface area contributed by atoms with E-state index in [1.54, 1.807) is 12.1 Å². The molecule has 0 fully saturated rings. The SMILES string of the molecule is FC(F)c1cccc(CNCc2ccon2)c1. The molecule has 0 saturated heterocycles. The summed E-state index contributed by atoms with van der Waals surface area (Å²) in [5, 5.41) is 6.84. The molecule has 0 saturated carbocycles. The average molecular weight is 238 g/mol. The van der Waals surface area contributed by atoms with Crippen LogP contribution in [0.25, 0.3) is 0 Å². The quantitative estimate of drug-likeness (QED) is 0.870. The smallest absolute Gasteiger partial charge is 0.263 e. The zero-order chi connectivity index (χ0) is 12.1. The zero-order valence-electron chi connectivity index (χ0n) is 9.07. The van der Waals surface area contributed by atoms with Gasteiger partial charge < -0.3 is 9.84 Å². The Hall–Kier alpha value is -1.75. The maximum Gasteiger partial charge on any atom is 0.263 e. The van der Waals surface area contributed by atoms with Crippen molar-refractivity contribution in [3.63, 3.8) is 0 Å². The number of nitrogens with zero attached hydrogens (tertiary/aromatic N) is 1. The molecule has 0 atom stereocenters. The summed E-state index contributed by atoms with van der Waals surface area (Å²) in [5.41, 5.74) is 1.66. The molecule has 0 radical (unpaired) electrons. The Morgan fingerprint density at radius 3 is 2.82 bits per heavy atom. The standard InChI is InChI=1S/C12H12F2N2O/c13-12(14)10-3-1-2-9(6-10)7-15-8-11-4-5-17-16-11/h1-6,12,15H,7-8H2. The van der Waals surface area contributed by atoms with E-state index < -0.39 is 6.43 Å². The summed E-state index contributed by atoms with van der Waals surface area (Å²) in [6.45, 7) is 1.07. The van der Waals surface area contributed by atoms with Gasteiger partial charge in [-0.1, -0.05) is 23.4 Å². The van der Waals surface area contributed by atoms with Crippen LogP contribution < -0.4 is 5.32 Å². The van der Waals surface area contributed by atoms with Crippen molar-refractivity contribution in [1.82, 2.24) is 10.5 Å². The van der Waals surface area contributed by atoms with Crippen LogP contribution in [0.15, 0.2) is 41.1 Å². The van der Waals surface area contributed by atoms with Crippen molar-refractivity contribution in [2.24, 2.45) is 0 Å². The highest BCUT2D eigenvalue weighted by molar-refractivity contribution is 5.24. The van der Waals surface area contributed by atoms with Crippen LogP contribution in [0, 0.1) is 0 Å². The number of hydrogen-bond acceptors (Lipinski definition) is 3. The molecule has 0 unspecified atom stereocenters. The lowest BCUT2D eigenvalue weighted by Crippen LogP contribution is -2.12. The fourth-order valence-corrected chi connectivity index (χ4v) is 1.50. The van der Waals surface area contributed by atoms with Gasteiger partial charge in [0.25, 0.3) is 6.43 Å². The lowest BCUT2D eigenvalue weighted by atomic mass is 10.1. The average Bonchev–Trinajstić information content (AvgIpc) is 2.82. The highest BCUT2D eigenvalue weighted by Crippen LogP contribution is 2.19. The first-order valence-corrected chi connectivity index (χ1v) is 5.22. The molecule has 0 amide bonds. The third kappa shape index (κ3) is 3.35. The Labute approximate surface area is 97.4 Å². The Bertz CT molecular complexity index is 457. The molecule has 0 bridgehead atoms. The minimum absolute atomic E-state index is 0.0470. The van der Waals surface area contributed by atoms with Crippen LogP contribution >= 0.6 is 0 Å². The van der Waals surface area contributed by atoms with Crippen LogP contribution in [0.2, 0.25) is 0 Å². The normalized spacial score (nSPS) is 11.0. The molecule has 0 spiro atoms. The van der Waals surface area contributed by atoms with Crippen molar-refractivity contribution in [3.05, 3.63) is 53.4 Å². The van der Waals surface area contributed by atoms with Crippen molar-refractivity contribution in [1.29, 1.82) is 0 Å². The number of aromatic nitrogens is 1. The summed E-state index contributed by atoms with van der Waals surface area (Å²) in [7, 11) is 0. The molecule has 17 heavy (non-hydrogen) atoms. The number of rotatable bonds is 5. The van der Waals surface area contributed by atoms with Gasteiger partial charge in [-0.25, -0.2) is 8.78 Å². The monoisotopic (exact) mass is 238 g/mol. The van der Waals surface area contributed by atoms with Gasteiger partial charge in [0.1, 0.15) is 6.26 Å². The number of hydrogen-bond donors (Lipinski definition) is 1. The number of benzene rings is 1. The summed E-state index contributed by atoms with van der Waals surface area (Å²) < 4.78 is 29.6.